The highest BCUT2D eigenvalue weighted by atomic mass is 19.4. The monoisotopic (exact) mass is 415 g/mol. The molecule has 30 heavy (non-hydrogen) atoms. The molecule has 0 spiro atoms. The van der Waals surface area contributed by atoms with Crippen molar-refractivity contribution in [3.8, 4) is 11.5 Å². The summed E-state index contributed by atoms with van der Waals surface area (Å²) >= 11 is 0. The van der Waals surface area contributed by atoms with Gasteiger partial charge in [0.15, 0.2) is 6.10 Å². The number of aliphatic hydroxyl groups excluding tert-OH is 1. The maximum atomic E-state index is 13.0. The van der Waals surface area contributed by atoms with Gasteiger partial charge in [0.1, 0.15) is 11.5 Å². The van der Waals surface area contributed by atoms with Crippen molar-refractivity contribution in [2.24, 2.45) is 0 Å². The lowest BCUT2D eigenvalue weighted by Gasteiger charge is -2.26. The van der Waals surface area contributed by atoms with Gasteiger partial charge in [0.05, 0.1) is 0 Å². The predicted molar refractivity (Wildman–Crippen MR) is 110 cm³/mol. The van der Waals surface area contributed by atoms with E-state index in [1.165, 1.54) is 0 Å². The number of nitrogens with zero attached hydrogens (tertiary/aromatic N) is 1. The molecule has 0 radical (unpaired) electrons. The van der Waals surface area contributed by atoms with Gasteiger partial charge in [0.25, 0.3) is 0 Å². The van der Waals surface area contributed by atoms with Crippen LogP contribution < -0.4 is 4.74 Å². The second kappa shape index (κ2) is 9.78. The van der Waals surface area contributed by atoms with Crippen LogP contribution in [0.3, 0.4) is 0 Å². The third-order valence-electron chi connectivity index (χ3n) is 4.58. The van der Waals surface area contributed by atoms with Gasteiger partial charge < -0.3 is 9.84 Å². The lowest BCUT2D eigenvalue weighted by atomic mass is 10.1. The average molecular weight is 415 g/mol. The summed E-state index contributed by atoms with van der Waals surface area (Å²) in [7, 11) is 0. The Bertz CT molecular complexity index is 944. The summed E-state index contributed by atoms with van der Waals surface area (Å²) in [5, 5.41) is 9.62. The van der Waals surface area contributed by atoms with Crippen LogP contribution in [0.4, 0.5) is 13.2 Å². The summed E-state index contributed by atoms with van der Waals surface area (Å²) in [5.74, 6) is 1.28. The fourth-order valence-corrected chi connectivity index (χ4v) is 3.19. The first-order chi connectivity index (χ1) is 14.3. The van der Waals surface area contributed by atoms with Gasteiger partial charge in [0, 0.05) is 19.6 Å². The number of halogens is 3. The number of alkyl halides is 3. The Morgan fingerprint density at radius 2 is 1.43 bits per heavy atom. The van der Waals surface area contributed by atoms with Crippen LogP contribution in [0, 0.1) is 6.92 Å². The van der Waals surface area contributed by atoms with E-state index in [0.717, 1.165) is 16.7 Å². The third kappa shape index (κ3) is 6.61. The Kier molecular flexibility index (Phi) is 7.13. The molecular weight excluding hydrogens is 391 g/mol. The SMILES string of the molecule is Cc1cccc(CN(Cc2cccc(Oc3ccccc3)c2)CC(O)C(F)(F)F)c1. The highest BCUT2D eigenvalue weighted by molar-refractivity contribution is 5.34. The maximum absolute atomic E-state index is 13.0. The van der Waals surface area contributed by atoms with Crippen LogP contribution in [0.1, 0.15) is 16.7 Å². The Morgan fingerprint density at radius 1 is 0.833 bits per heavy atom. The van der Waals surface area contributed by atoms with E-state index in [1.807, 2.05) is 67.6 Å². The van der Waals surface area contributed by atoms with E-state index in [0.29, 0.717) is 18.0 Å². The highest BCUT2D eigenvalue weighted by Gasteiger charge is 2.39. The van der Waals surface area contributed by atoms with Crippen LogP contribution in [0.15, 0.2) is 78.9 Å². The maximum Gasteiger partial charge on any atom is 0.415 e. The summed E-state index contributed by atoms with van der Waals surface area (Å²) in [4.78, 5) is 1.59. The first-order valence-electron chi connectivity index (χ1n) is 9.64. The van der Waals surface area contributed by atoms with Crippen molar-refractivity contribution in [2.45, 2.75) is 32.3 Å². The first kappa shape index (κ1) is 21.9. The van der Waals surface area contributed by atoms with E-state index in [9.17, 15) is 18.3 Å². The van der Waals surface area contributed by atoms with Crippen molar-refractivity contribution in [2.75, 3.05) is 6.54 Å². The molecule has 0 fully saturated rings. The number of hydrogen-bond acceptors (Lipinski definition) is 3. The second-order valence-corrected chi connectivity index (χ2v) is 7.28. The minimum absolute atomic E-state index is 0.243. The van der Waals surface area contributed by atoms with E-state index in [-0.39, 0.29) is 6.54 Å². The molecule has 0 aliphatic carbocycles. The van der Waals surface area contributed by atoms with Gasteiger partial charge in [0.2, 0.25) is 0 Å². The molecule has 0 amide bonds. The Morgan fingerprint density at radius 3 is 2.07 bits per heavy atom. The van der Waals surface area contributed by atoms with Crippen molar-refractivity contribution >= 4 is 0 Å². The van der Waals surface area contributed by atoms with Gasteiger partial charge in [-0.15, -0.1) is 0 Å². The Labute approximate surface area is 174 Å². The van der Waals surface area contributed by atoms with Gasteiger partial charge in [-0.05, 0) is 42.3 Å². The van der Waals surface area contributed by atoms with E-state index < -0.39 is 18.8 Å². The minimum atomic E-state index is -4.66. The van der Waals surface area contributed by atoms with Crippen molar-refractivity contribution in [3.05, 3.63) is 95.6 Å². The molecule has 0 aliphatic heterocycles. The number of aliphatic hydroxyl groups is 1. The zero-order valence-electron chi connectivity index (χ0n) is 16.6. The van der Waals surface area contributed by atoms with Gasteiger partial charge in [-0.1, -0.05) is 60.2 Å². The molecule has 3 rings (SSSR count). The smallest absolute Gasteiger partial charge is 0.415 e. The summed E-state index contributed by atoms with van der Waals surface area (Å²) in [5.41, 5.74) is 2.72. The second-order valence-electron chi connectivity index (χ2n) is 7.28. The number of hydrogen-bond donors (Lipinski definition) is 1. The summed E-state index contributed by atoms with van der Waals surface area (Å²) in [6.45, 7) is 1.95. The predicted octanol–water partition coefficient (Wildman–Crippen LogP) is 5.71. The number of benzene rings is 3. The summed E-state index contributed by atoms with van der Waals surface area (Å²) < 4.78 is 44.7. The molecule has 0 aromatic heterocycles. The van der Waals surface area contributed by atoms with Crippen LogP contribution in [0.25, 0.3) is 0 Å². The zero-order chi connectivity index (χ0) is 21.6. The minimum Gasteiger partial charge on any atom is -0.457 e. The van der Waals surface area contributed by atoms with Gasteiger partial charge in [-0.3, -0.25) is 4.90 Å². The first-order valence-corrected chi connectivity index (χ1v) is 9.64. The lowest BCUT2D eigenvalue weighted by molar-refractivity contribution is -0.208. The molecule has 3 aromatic carbocycles. The van der Waals surface area contributed by atoms with Gasteiger partial charge in [-0.25, -0.2) is 0 Å². The van der Waals surface area contributed by atoms with Crippen LogP contribution in [0.2, 0.25) is 0 Å². The van der Waals surface area contributed by atoms with Crippen LogP contribution in [-0.4, -0.2) is 28.8 Å². The van der Waals surface area contributed by atoms with Gasteiger partial charge >= 0.3 is 6.18 Å². The molecule has 0 aliphatic rings. The standard InChI is InChI=1S/C24H24F3NO2/c1-18-7-5-8-19(13-18)15-28(17-23(29)24(25,26)27)16-20-9-6-12-22(14-20)30-21-10-3-2-4-11-21/h2-14,23,29H,15-17H2,1H3. The Hall–Kier alpha value is -2.83. The largest absolute Gasteiger partial charge is 0.457 e. The van der Waals surface area contributed by atoms with Crippen molar-refractivity contribution in [1.82, 2.24) is 4.90 Å². The molecule has 0 heterocycles. The number of rotatable bonds is 8. The average Bonchev–Trinajstić information content (AvgIpc) is 2.68. The highest BCUT2D eigenvalue weighted by Crippen LogP contribution is 2.25. The third-order valence-corrected chi connectivity index (χ3v) is 4.58. The van der Waals surface area contributed by atoms with Crippen molar-refractivity contribution in [3.63, 3.8) is 0 Å². The molecule has 1 unspecified atom stereocenters. The Balaban J connectivity index is 1.77. The molecule has 0 saturated heterocycles. The molecule has 158 valence electrons. The summed E-state index contributed by atoms with van der Waals surface area (Å²) in [6, 6.07) is 24.1. The molecule has 6 heteroatoms. The molecule has 0 saturated carbocycles. The molecular formula is C24H24F3NO2. The molecule has 0 bridgehead atoms. The molecule has 3 nitrogen and oxygen atoms in total. The van der Waals surface area contributed by atoms with Crippen LogP contribution >= 0.6 is 0 Å². The number of aryl methyl sites for hydroxylation is 1. The van der Waals surface area contributed by atoms with E-state index in [2.05, 4.69) is 0 Å². The van der Waals surface area contributed by atoms with E-state index in [1.54, 1.807) is 23.1 Å². The fourth-order valence-electron chi connectivity index (χ4n) is 3.19. The van der Waals surface area contributed by atoms with Gasteiger partial charge in [-0.2, -0.15) is 13.2 Å². The zero-order valence-corrected chi connectivity index (χ0v) is 16.6. The lowest BCUT2D eigenvalue weighted by Crippen LogP contribution is -2.40. The fraction of sp³-hybridized carbons (Fsp3) is 0.250. The quantitative estimate of drug-likeness (QED) is 0.511. The topological polar surface area (TPSA) is 32.7 Å². The number of para-hydroxylation sites is 1. The van der Waals surface area contributed by atoms with Crippen molar-refractivity contribution < 1.29 is 23.0 Å². The summed E-state index contributed by atoms with van der Waals surface area (Å²) in [6.07, 6.45) is -7.07. The molecule has 1 N–H and O–H groups in total. The molecule has 3 aromatic rings. The van der Waals surface area contributed by atoms with E-state index in [4.69, 9.17) is 4.74 Å². The van der Waals surface area contributed by atoms with Crippen LogP contribution in [0.5, 0.6) is 11.5 Å². The normalized spacial score (nSPS) is 12.7. The number of ether oxygens (including phenoxy) is 1. The molecule has 1 atom stereocenters. The van der Waals surface area contributed by atoms with Crippen LogP contribution in [-0.2, 0) is 13.1 Å². The van der Waals surface area contributed by atoms with Crippen molar-refractivity contribution in [1.29, 1.82) is 0 Å². The van der Waals surface area contributed by atoms with E-state index >= 15 is 0 Å².